The summed E-state index contributed by atoms with van der Waals surface area (Å²) >= 11 is 0. The maximum absolute atomic E-state index is 14.2. The van der Waals surface area contributed by atoms with Gasteiger partial charge in [-0.1, -0.05) is 61.0 Å². The number of carbonyl (C=O) groups excluding carboxylic acids is 6. The highest BCUT2D eigenvalue weighted by Gasteiger charge is 2.46. The number of ketones is 1. The third kappa shape index (κ3) is 12.5. The summed E-state index contributed by atoms with van der Waals surface area (Å²) in [4.78, 5) is 80.5. The van der Waals surface area contributed by atoms with Crippen molar-refractivity contribution in [2.24, 2.45) is 23.2 Å². The molecule has 1 aliphatic rings. The zero-order valence-corrected chi connectivity index (χ0v) is 29.2. The molecule has 1 heterocycles. The molecule has 5 amide bonds. The summed E-state index contributed by atoms with van der Waals surface area (Å²) in [5, 5.41) is 10.5. The second-order valence-electron chi connectivity index (χ2n) is 14.6. The molecule has 1 fully saturated rings. The molecular formula is C33H57N5O7. The smallest absolute Gasteiger partial charge is 0.328 e. The van der Waals surface area contributed by atoms with Crippen LogP contribution < -0.4 is 21.3 Å². The second-order valence-corrected chi connectivity index (χ2v) is 14.6. The van der Waals surface area contributed by atoms with Crippen LogP contribution in [0.25, 0.3) is 0 Å². The number of ether oxygens (including phenoxy) is 1. The summed E-state index contributed by atoms with van der Waals surface area (Å²) in [7, 11) is 0. The minimum atomic E-state index is -1.07. The SMILES string of the molecule is C=CCNC(=O)C(=O)C(CC(C)CC)NC(=O)C1C[C@@H](C(C)C)CN1C(=O)C(NC(=O)NC(C)C(=O)OC(C)(C)C)C(C)(C)C. The number of carbonyl (C=O) groups is 6. The summed E-state index contributed by atoms with van der Waals surface area (Å²) in [5.41, 5.74) is -1.50. The highest BCUT2D eigenvalue weighted by atomic mass is 16.6. The summed E-state index contributed by atoms with van der Waals surface area (Å²) < 4.78 is 5.34. The lowest BCUT2D eigenvalue weighted by atomic mass is 9.85. The molecule has 1 aliphatic heterocycles. The van der Waals surface area contributed by atoms with Crippen LogP contribution >= 0.6 is 0 Å². The molecule has 0 aliphatic carbocycles. The van der Waals surface area contributed by atoms with Gasteiger partial charge in [0.2, 0.25) is 17.6 Å². The van der Waals surface area contributed by atoms with E-state index in [0.717, 1.165) is 6.42 Å². The van der Waals surface area contributed by atoms with Crippen molar-refractivity contribution in [2.75, 3.05) is 13.1 Å². The van der Waals surface area contributed by atoms with E-state index in [9.17, 15) is 28.8 Å². The number of esters is 1. The van der Waals surface area contributed by atoms with Crippen molar-refractivity contribution in [3.63, 3.8) is 0 Å². The number of likely N-dealkylation sites (tertiary alicyclic amines) is 1. The van der Waals surface area contributed by atoms with Crippen molar-refractivity contribution >= 4 is 35.5 Å². The molecule has 45 heavy (non-hydrogen) atoms. The van der Waals surface area contributed by atoms with Crippen molar-refractivity contribution in [3.05, 3.63) is 12.7 Å². The molecule has 12 nitrogen and oxygen atoms in total. The van der Waals surface area contributed by atoms with Crippen LogP contribution in [0.2, 0.25) is 0 Å². The van der Waals surface area contributed by atoms with E-state index in [1.807, 2.05) is 27.7 Å². The van der Waals surface area contributed by atoms with Gasteiger partial charge >= 0.3 is 12.0 Å². The van der Waals surface area contributed by atoms with E-state index < -0.39 is 70.7 Å². The van der Waals surface area contributed by atoms with Gasteiger partial charge in [0.25, 0.3) is 5.91 Å². The van der Waals surface area contributed by atoms with Crippen LogP contribution in [0, 0.1) is 23.2 Å². The maximum Gasteiger partial charge on any atom is 0.328 e. The summed E-state index contributed by atoms with van der Waals surface area (Å²) in [6.45, 7) is 23.9. The Morgan fingerprint density at radius 2 is 1.56 bits per heavy atom. The number of nitrogens with zero attached hydrogens (tertiary/aromatic N) is 1. The number of nitrogens with one attached hydrogen (secondary N) is 4. The van der Waals surface area contributed by atoms with Gasteiger partial charge in [-0.25, -0.2) is 9.59 Å². The highest BCUT2D eigenvalue weighted by molar-refractivity contribution is 6.38. The lowest BCUT2D eigenvalue weighted by Crippen LogP contribution is -2.61. The Hall–Kier alpha value is -3.44. The van der Waals surface area contributed by atoms with Crippen LogP contribution in [0.4, 0.5) is 4.79 Å². The van der Waals surface area contributed by atoms with E-state index in [4.69, 9.17) is 4.74 Å². The Morgan fingerprint density at radius 3 is 2.04 bits per heavy atom. The minimum Gasteiger partial charge on any atom is -0.458 e. The van der Waals surface area contributed by atoms with Gasteiger partial charge in [0.05, 0.1) is 6.04 Å². The molecule has 0 radical (unpaired) electrons. The van der Waals surface area contributed by atoms with Crippen LogP contribution in [-0.2, 0) is 28.7 Å². The molecular weight excluding hydrogens is 578 g/mol. The lowest BCUT2D eigenvalue weighted by Gasteiger charge is -2.36. The van der Waals surface area contributed by atoms with Gasteiger partial charge < -0.3 is 30.9 Å². The van der Waals surface area contributed by atoms with E-state index in [2.05, 4.69) is 27.8 Å². The molecule has 0 saturated carbocycles. The molecule has 1 rings (SSSR count). The molecule has 0 spiro atoms. The molecule has 0 aromatic heterocycles. The fourth-order valence-electron chi connectivity index (χ4n) is 4.96. The van der Waals surface area contributed by atoms with Crippen LogP contribution in [-0.4, -0.2) is 83.3 Å². The Labute approximate surface area is 269 Å². The molecule has 4 N–H and O–H groups in total. The van der Waals surface area contributed by atoms with Gasteiger partial charge in [-0.3, -0.25) is 19.2 Å². The molecule has 1 saturated heterocycles. The highest BCUT2D eigenvalue weighted by Crippen LogP contribution is 2.32. The average molecular weight is 636 g/mol. The number of urea groups is 1. The Kier molecular flexibility index (Phi) is 14.7. The first-order chi connectivity index (χ1) is 20.6. The van der Waals surface area contributed by atoms with E-state index in [1.165, 1.54) is 17.9 Å². The molecule has 0 bridgehead atoms. The van der Waals surface area contributed by atoms with Crippen LogP contribution in [0.1, 0.15) is 95.4 Å². The summed E-state index contributed by atoms with van der Waals surface area (Å²) in [6, 6.07) is -4.73. The first-order valence-electron chi connectivity index (χ1n) is 16.0. The summed E-state index contributed by atoms with van der Waals surface area (Å²) in [6.07, 6.45) is 2.82. The number of hydrogen-bond acceptors (Lipinski definition) is 7. The topological polar surface area (TPSA) is 163 Å². The minimum absolute atomic E-state index is 0.00839. The van der Waals surface area contributed by atoms with Crippen molar-refractivity contribution in [1.29, 1.82) is 0 Å². The Morgan fingerprint density at radius 1 is 0.956 bits per heavy atom. The average Bonchev–Trinajstić information content (AvgIpc) is 3.38. The summed E-state index contributed by atoms with van der Waals surface area (Å²) in [5.74, 6) is -2.98. The lowest BCUT2D eigenvalue weighted by molar-refractivity contribution is -0.156. The third-order valence-corrected chi connectivity index (χ3v) is 7.96. The van der Waals surface area contributed by atoms with E-state index >= 15 is 0 Å². The van der Waals surface area contributed by atoms with Crippen LogP contribution in [0.15, 0.2) is 12.7 Å². The predicted molar refractivity (Wildman–Crippen MR) is 173 cm³/mol. The molecule has 12 heteroatoms. The fourth-order valence-corrected chi connectivity index (χ4v) is 4.96. The Bertz CT molecular complexity index is 1090. The predicted octanol–water partition coefficient (Wildman–Crippen LogP) is 3.10. The zero-order chi connectivity index (χ0) is 34.9. The number of rotatable bonds is 14. The molecule has 5 unspecified atom stereocenters. The van der Waals surface area contributed by atoms with E-state index in [1.54, 1.807) is 41.5 Å². The van der Waals surface area contributed by atoms with Crippen molar-refractivity contribution < 1.29 is 33.5 Å². The number of amides is 5. The first-order valence-corrected chi connectivity index (χ1v) is 16.0. The van der Waals surface area contributed by atoms with Gasteiger partial charge in [-0.05, 0) is 63.7 Å². The van der Waals surface area contributed by atoms with Crippen LogP contribution in [0.5, 0.6) is 0 Å². The van der Waals surface area contributed by atoms with Crippen molar-refractivity contribution in [1.82, 2.24) is 26.2 Å². The van der Waals surface area contributed by atoms with Crippen molar-refractivity contribution in [2.45, 2.75) is 125 Å². The van der Waals surface area contributed by atoms with Gasteiger partial charge in [0.15, 0.2) is 0 Å². The molecule has 256 valence electrons. The number of hydrogen-bond donors (Lipinski definition) is 4. The Balaban J connectivity index is 3.28. The van der Waals surface area contributed by atoms with Gasteiger partial charge in [-0.15, -0.1) is 6.58 Å². The van der Waals surface area contributed by atoms with E-state index in [-0.39, 0.29) is 37.3 Å². The first kappa shape index (κ1) is 39.6. The molecule has 0 aromatic rings. The second kappa shape index (κ2) is 16.7. The van der Waals surface area contributed by atoms with Crippen LogP contribution in [0.3, 0.4) is 0 Å². The van der Waals surface area contributed by atoms with Crippen molar-refractivity contribution in [3.8, 4) is 0 Å². The normalized spacial score (nSPS) is 19.5. The number of Topliss-reactive ketones (excluding diaryl/α,β-unsaturated/α-hetero) is 1. The zero-order valence-electron chi connectivity index (χ0n) is 29.2. The fraction of sp³-hybridized carbons (Fsp3) is 0.758. The van der Waals surface area contributed by atoms with Gasteiger partial charge in [0.1, 0.15) is 23.7 Å². The standard InChI is InChI=1S/C33H57N5O7/c1-13-15-34-28(41)25(39)23(16-20(5)14-2)36-27(40)24-17-22(19(3)4)18-38(24)29(42)26(32(7,8)9)37-31(44)35-21(6)30(43)45-33(10,11)12/h13,19-24,26H,1,14-18H2,2-12H3,(H,34,41)(H,36,40)(H2,35,37,44)/t20?,21?,22-,23?,24?,26?/m1/s1. The molecule has 0 aromatic carbocycles. The monoisotopic (exact) mass is 635 g/mol. The molecule has 6 atom stereocenters. The quantitative estimate of drug-likeness (QED) is 0.129. The largest absolute Gasteiger partial charge is 0.458 e. The van der Waals surface area contributed by atoms with Gasteiger partial charge in [-0.2, -0.15) is 0 Å². The maximum atomic E-state index is 14.2. The van der Waals surface area contributed by atoms with Gasteiger partial charge in [0, 0.05) is 13.1 Å². The van der Waals surface area contributed by atoms with E-state index in [0.29, 0.717) is 6.42 Å². The third-order valence-electron chi connectivity index (χ3n) is 7.96.